The molecule has 1 fully saturated rings. The number of hydrogen-bond donors (Lipinski definition) is 4. The number of likely N-dealkylation sites (tertiary alicyclic amines) is 1. The standard InChI is InChI=1S/C14H15N3S.C13H18N2O/c15-11-12-4-6-14(7-5-12)17-9-8-13(16)3-1-2-10-18;16-11-14-13-6-8-15(9-7-13)10-12-4-2-1-3-5-12/h1-10,13,17-18H,16H2;1-5,11,13H,6-10H2,(H,14,16)/b3-1+,9-8-,10-2-;. The normalized spacial score (nSPS) is 15.6. The van der Waals surface area contributed by atoms with Crippen LogP contribution in [0.4, 0.5) is 5.69 Å². The zero-order chi connectivity index (χ0) is 24.4. The lowest BCUT2D eigenvalue weighted by atomic mass is 10.0. The number of piperidine rings is 1. The minimum absolute atomic E-state index is 0.152. The summed E-state index contributed by atoms with van der Waals surface area (Å²) in [7, 11) is 0. The third-order valence-corrected chi connectivity index (χ3v) is 5.43. The van der Waals surface area contributed by atoms with Crippen LogP contribution in [0.3, 0.4) is 0 Å². The van der Waals surface area contributed by atoms with Gasteiger partial charge in [0, 0.05) is 37.4 Å². The van der Waals surface area contributed by atoms with Gasteiger partial charge in [-0.3, -0.25) is 9.69 Å². The molecule has 2 aromatic rings. The van der Waals surface area contributed by atoms with E-state index in [0.717, 1.165) is 44.6 Å². The summed E-state index contributed by atoms with van der Waals surface area (Å²) >= 11 is 3.93. The van der Waals surface area contributed by atoms with Crippen molar-refractivity contribution in [3.05, 3.63) is 102 Å². The minimum Gasteiger partial charge on any atom is -0.362 e. The highest BCUT2D eigenvalue weighted by atomic mass is 32.1. The van der Waals surface area contributed by atoms with Crippen LogP contribution >= 0.6 is 12.6 Å². The maximum absolute atomic E-state index is 10.3. The van der Waals surface area contributed by atoms with Crippen LogP contribution in [0.1, 0.15) is 24.0 Å². The zero-order valence-electron chi connectivity index (χ0n) is 19.3. The Bertz CT molecular complexity index is 959. The molecule has 0 radical (unpaired) electrons. The predicted octanol–water partition coefficient (Wildman–Crippen LogP) is 4.21. The minimum atomic E-state index is -0.152. The van der Waals surface area contributed by atoms with Gasteiger partial charge in [0.15, 0.2) is 0 Å². The Labute approximate surface area is 208 Å². The molecule has 4 N–H and O–H groups in total. The summed E-state index contributed by atoms with van der Waals surface area (Å²) in [6, 6.07) is 20.0. The molecule has 0 spiro atoms. The van der Waals surface area contributed by atoms with Crippen molar-refractivity contribution in [3.63, 3.8) is 0 Å². The molecule has 1 saturated heterocycles. The summed E-state index contributed by atoms with van der Waals surface area (Å²) in [6.45, 7) is 3.16. The molecule has 0 aliphatic carbocycles. The molecule has 1 unspecified atom stereocenters. The number of nitrogens with one attached hydrogen (secondary N) is 2. The number of carbonyl (C=O) groups excluding carboxylic acids is 1. The van der Waals surface area contributed by atoms with E-state index in [4.69, 9.17) is 11.0 Å². The van der Waals surface area contributed by atoms with Crippen LogP contribution in [-0.2, 0) is 11.3 Å². The summed E-state index contributed by atoms with van der Waals surface area (Å²) in [5, 5.41) is 16.2. The average molecular weight is 476 g/mol. The third kappa shape index (κ3) is 11.0. The maximum atomic E-state index is 10.3. The second kappa shape index (κ2) is 16.3. The van der Waals surface area contributed by atoms with Crippen molar-refractivity contribution >= 4 is 24.7 Å². The predicted molar refractivity (Wildman–Crippen MR) is 143 cm³/mol. The van der Waals surface area contributed by atoms with Gasteiger partial charge >= 0.3 is 0 Å². The molecule has 1 aliphatic rings. The number of nitrogens with two attached hydrogens (primary N) is 1. The van der Waals surface area contributed by atoms with Crippen LogP contribution in [0, 0.1) is 11.3 Å². The molecule has 1 heterocycles. The number of carbonyl (C=O) groups is 1. The van der Waals surface area contributed by atoms with Crippen molar-refractivity contribution in [1.82, 2.24) is 10.2 Å². The van der Waals surface area contributed by atoms with E-state index in [0.29, 0.717) is 11.6 Å². The Morgan fingerprint density at radius 1 is 1.09 bits per heavy atom. The van der Waals surface area contributed by atoms with E-state index in [1.54, 1.807) is 29.8 Å². The summed E-state index contributed by atoms with van der Waals surface area (Å²) in [4.78, 5) is 12.8. The van der Waals surface area contributed by atoms with E-state index < -0.39 is 0 Å². The fourth-order valence-corrected chi connectivity index (χ4v) is 3.50. The molecule has 0 saturated carbocycles. The molecule has 0 bridgehead atoms. The second-order valence-electron chi connectivity index (χ2n) is 7.82. The quantitative estimate of drug-likeness (QED) is 0.248. The molecule has 0 aromatic heterocycles. The molecule has 1 atom stereocenters. The van der Waals surface area contributed by atoms with E-state index in [-0.39, 0.29) is 6.04 Å². The number of nitriles is 1. The number of hydrogen-bond acceptors (Lipinski definition) is 6. The summed E-state index contributed by atoms with van der Waals surface area (Å²) in [5.74, 6) is 0. The van der Waals surface area contributed by atoms with Crippen LogP contribution in [0.2, 0.25) is 0 Å². The van der Waals surface area contributed by atoms with Crippen molar-refractivity contribution in [3.8, 4) is 6.07 Å². The van der Waals surface area contributed by atoms with Gasteiger partial charge in [0.25, 0.3) is 0 Å². The Morgan fingerprint density at radius 3 is 2.41 bits per heavy atom. The summed E-state index contributed by atoms with van der Waals surface area (Å²) < 4.78 is 0. The highest BCUT2D eigenvalue weighted by Crippen LogP contribution is 2.13. The number of amides is 1. The third-order valence-electron chi connectivity index (χ3n) is 5.25. The van der Waals surface area contributed by atoms with Crippen LogP contribution in [0.25, 0.3) is 0 Å². The van der Waals surface area contributed by atoms with E-state index in [9.17, 15) is 4.79 Å². The molecule has 7 heteroatoms. The highest BCUT2D eigenvalue weighted by molar-refractivity contribution is 7.83. The first-order valence-corrected chi connectivity index (χ1v) is 11.8. The molecule has 6 nitrogen and oxygen atoms in total. The van der Waals surface area contributed by atoms with Gasteiger partial charge in [-0.2, -0.15) is 17.9 Å². The first-order valence-electron chi connectivity index (χ1n) is 11.3. The van der Waals surface area contributed by atoms with Gasteiger partial charge in [-0.15, -0.1) is 0 Å². The summed E-state index contributed by atoms with van der Waals surface area (Å²) in [6.07, 6.45) is 12.0. The maximum Gasteiger partial charge on any atom is 0.207 e. The van der Waals surface area contributed by atoms with Gasteiger partial charge in [0.05, 0.1) is 11.6 Å². The Hall–Kier alpha value is -3.31. The number of anilines is 1. The molecule has 34 heavy (non-hydrogen) atoms. The van der Waals surface area contributed by atoms with Crippen molar-refractivity contribution < 1.29 is 4.79 Å². The van der Waals surface area contributed by atoms with E-state index >= 15 is 0 Å². The van der Waals surface area contributed by atoms with Crippen LogP contribution in [-0.4, -0.2) is 36.5 Å². The SMILES string of the molecule is N#Cc1ccc(N/C=C\C(N)/C=C/C=C\S)cc1.O=CNC1CCN(Cc2ccccc2)CC1. The second-order valence-corrected chi connectivity index (χ2v) is 8.12. The smallest absolute Gasteiger partial charge is 0.207 e. The number of allylic oxidation sites excluding steroid dienone is 2. The van der Waals surface area contributed by atoms with Crippen molar-refractivity contribution in [2.24, 2.45) is 5.73 Å². The molecular formula is C27H33N5OS. The lowest BCUT2D eigenvalue weighted by molar-refractivity contribution is -0.110. The fourth-order valence-electron chi connectivity index (χ4n) is 3.40. The Kier molecular flexibility index (Phi) is 12.9. The van der Waals surface area contributed by atoms with Crippen LogP contribution in [0.5, 0.6) is 0 Å². The average Bonchev–Trinajstić information content (AvgIpc) is 2.87. The topological polar surface area (TPSA) is 94.2 Å². The van der Waals surface area contributed by atoms with Crippen molar-refractivity contribution in [2.45, 2.75) is 31.5 Å². The van der Waals surface area contributed by atoms with Crippen LogP contribution in [0.15, 0.2) is 90.5 Å². The highest BCUT2D eigenvalue weighted by Gasteiger charge is 2.18. The van der Waals surface area contributed by atoms with Gasteiger partial charge < -0.3 is 16.4 Å². The summed E-state index contributed by atoms with van der Waals surface area (Å²) in [5.41, 5.74) is 8.73. The monoisotopic (exact) mass is 475 g/mol. The van der Waals surface area contributed by atoms with E-state index in [1.165, 1.54) is 5.56 Å². The first kappa shape index (κ1) is 26.9. The fraction of sp³-hybridized carbons (Fsp3) is 0.259. The largest absolute Gasteiger partial charge is 0.362 e. The van der Waals surface area contributed by atoms with Gasteiger partial charge in [-0.05, 0) is 60.4 Å². The van der Waals surface area contributed by atoms with Gasteiger partial charge in [-0.1, -0.05) is 48.6 Å². The lowest BCUT2D eigenvalue weighted by Crippen LogP contribution is -2.41. The van der Waals surface area contributed by atoms with Crippen molar-refractivity contribution in [1.29, 1.82) is 5.26 Å². The number of nitrogens with zero attached hydrogens (tertiary/aromatic N) is 2. The van der Waals surface area contributed by atoms with Gasteiger partial charge in [0.2, 0.25) is 6.41 Å². The van der Waals surface area contributed by atoms with E-state index in [2.05, 4.69) is 58.5 Å². The molecule has 1 aliphatic heterocycles. The van der Waals surface area contributed by atoms with Gasteiger partial charge in [-0.25, -0.2) is 0 Å². The number of benzene rings is 2. The molecular weight excluding hydrogens is 442 g/mol. The lowest BCUT2D eigenvalue weighted by Gasteiger charge is -2.31. The first-order chi connectivity index (χ1) is 16.6. The molecule has 1 amide bonds. The molecule has 2 aromatic carbocycles. The van der Waals surface area contributed by atoms with Crippen molar-refractivity contribution in [2.75, 3.05) is 18.4 Å². The molecule has 3 rings (SSSR count). The number of rotatable bonds is 9. The Balaban J connectivity index is 0.000000241. The Morgan fingerprint density at radius 2 is 1.79 bits per heavy atom. The van der Waals surface area contributed by atoms with E-state index in [1.807, 2.05) is 36.4 Å². The molecule has 178 valence electrons. The number of thiol groups is 1. The zero-order valence-corrected chi connectivity index (χ0v) is 20.1. The van der Waals surface area contributed by atoms with Crippen LogP contribution < -0.4 is 16.4 Å². The van der Waals surface area contributed by atoms with Gasteiger partial charge in [0.1, 0.15) is 0 Å².